The SMILES string of the molecule is CCC(CCO)NC(=O)c1sccc1N. The molecule has 1 atom stereocenters. The summed E-state index contributed by atoms with van der Waals surface area (Å²) >= 11 is 1.33. The molecule has 1 rings (SSSR count). The predicted octanol–water partition coefficient (Wildman–Crippen LogP) is 1.22. The third kappa shape index (κ3) is 3.21. The van der Waals surface area contributed by atoms with Crippen LogP contribution >= 0.6 is 11.3 Å². The zero-order valence-electron chi connectivity index (χ0n) is 8.69. The van der Waals surface area contributed by atoms with Gasteiger partial charge in [0.15, 0.2) is 0 Å². The van der Waals surface area contributed by atoms with Gasteiger partial charge in [0.2, 0.25) is 0 Å². The van der Waals surface area contributed by atoms with Crippen LogP contribution in [0.2, 0.25) is 0 Å². The molecular formula is C10H16N2O2S. The first-order chi connectivity index (χ1) is 7.19. The number of hydrogen-bond acceptors (Lipinski definition) is 4. The van der Waals surface area contributed by atoms with E-state index in [0.29, 0.717) is 17.0 Å². The lowest BCUT2D eigenvalue weighted by atomic mass is 10.1. The van der Waals surface area contributed by atoms with Gasteiger partial charge in [-0.3, -0.25) is 4.79 Å². The highest BCUT2D eigenvalue weighted by Crippen LogP contribution is 2.18. The Morgan fingerprint density at radius 1 is 1.73 bits per heavy atom. The van der Waals surface area contributed by atoms with Gasteiger partial charge >= 0.3 is 0 Å². The van der Waals surface area contributed by atoms with E-state index in [1.165, 1.54) is 11.3 Å². The maximum Gasteiger partial charge on any atom is 0.263 e. The van der Waals surface area contributed by atoms with Crippen LogP contribution in [0.3, 0.4) is 0 Å². The molecule has 0 aliphatic carbocycles. The number of amides is 1. The van der Waals surface area contributed by atoms with Gasteiger partial charge in [0.05, 0.1) is 5.69 Å². The third-order valence-corrected chi connectivity index (χ3v) is 3.14. The summed E-state index contributed by atoms with van der Waals surface area (Å²) in [5.41, 5.74) is 6.14. The number of carbonyl (C=O) groups is 1. The molecule has 1 unspecified atom stereocenters. The molecule has 4 nitrogen and oxygen atoms in total. The van der Waals surface area contributed by atoms with Crippen molar-refractivity contribution in [1.82, 2.24) is 5.32 Å². The van der Waals surface area contributed by atoms with E-state index in [4.69, 9.17) is 10.8 Å². The van der Waals surface area contributed by atoms with Crippen molar-refractivity contribution in [3.63, 3.8) is 0 Å². The fourth-order valence-corrected chi connectivity index (χ4v) is 2.01. The van der Waals surface area contributed by atoms with Crippen LogP contribution in [0.5, 0.6) is 0 Å². The van der Waals surface area contributed by atoms with Crippen molar-refractivity contribution < 1.29 is 9.90 Å². The summed E-state index contributed by atoms with van der Waals surface area (Å²) < 4.78 is 0. The zero-order valence-corrected chi connectivity index (χ0v) is 9.51. The van der Waals surface area contributed by atoms with Crippen LogP contribution < -0.4 is 11.1 Å². The Labute approximate surface area is 93.1 Å². The highest BCUT2D eigenvalue weighted by Gasteiger charge is 2.14. The number of aliphatic hydroxyl groups excluding tert-OH is 1. The fraction of sp³-hybridized carbons (Fsp3) is 0.500. The Kier molecular flexibility index (Phi) is 4.58. The molecule has 1 aromatic heterocycles. The average Bonchev–Trinajstić information content (AvgIpc) is 2.63. The maximum absolute atomic E-state index is 11.7. The second-order valence-electron chi connectivity index (χ2n) is 3.30. The molecule has 0 bridgehead atoms. The van der Waals surface area contributed by atoms with Crippen molar-refractivity contribution in [2.45, 2.75) is 25.8 Å². The maximum atomic E-state index is 11.7. The van der Waals surface area contributed by atoms with E-state index < -0.39 is 0 Å². The quantitative estimate of drug-likeness (QED) is 0.709. The minimum atomic E-state index is -0.150. The number of nitrogens with two attached hydrogens (primary N) is 1. The number of rotatable bonds is 5. The molecule has 0 saturated heterocycles. The molecule has 1 aromatic rings. The first kappa shape index (κ1) is 12.0. The van der Waals surface area contributed by atoms with Gasteiger partial charge < -0.3 is 16.2 Å². The normalized spacial score (nSPS) is 12.4. The molecular weight excluding hydrogens is 212 g/mol. The van der Waals surface area contributed by atoms with Crippen molar-refractivity contribution in [2.24, 2.45) is 0 Å². The standard InChI is InChI=1S/C10H16N2O2S/c1-2-7(3-5-13)12-10(14)9-8(11)4-6-15-9/h4,6-7,13H,2-3,5,11H2,1H3,(H,12,14). The molecule has 15 heavy (non-hydrogen) atoms. The zero-order chi connectivity index (χ0) is 11.3. The van der Waals surface area contributed by atoms with Crippen LogP contribution in [0.25, 0.3) is 0 Å². The Morgan fingerprint density at radius 3 is 2.93 bits per heavy atom. The van der Waals surface area contributed by atoms with E-state index in [2.05, 4.69) is 5.32 Å². The highest BCUT2D eigenvalue weighted by atomic mass is 32.1. The Hall–Kier alpha value is -1.07. The highest BCUT2D eigenvalue weighted by molar-refractivity contribution is 7.12. The molecule has 0 aromatic carbocycles. The predicted molar refractivity (Wildman–Crippen MR) is 62.0 cm³/mol. The smallest absolute Gasteiger partial charge is 0.263 e. The van der Waals surface area contributed by atoms with Gasteiger partial charge in [0.1, 0.15) is 4.88 Å². The van der Waals surface area contributed by atoms with Crippen LogP contribution in [0.15, 0.2) is 11.4 Å². The summed E-state index contributed by atoms with van der Waals surface area (Å²) in [4.78, 5) is 12.3. The van der Waals surface area contributed by atoms with E-state index in [1.54, 1.807) is 11.4 Å². The van der Waals surface area contributed by atoms with Crippen molar-refractivity contribution in [3.05, 3.63) is 16.3 Å². The van der Waals surface area contributed by atoms with Crippen LogP contribution in [0, 0.1) is 0 Å². The van der Waals surface area contributed by atoms with Crippen molar-refractivity contribution in [3.8, 4) is 0 Å². The lowest BCUT2D eigenvalue weighted by molar-refractivity contribution is 0.0934. The van der Waals surface area contributed by atoms with Gasteiger partial charge in [-0.1, -0.05) is 6.92 Å². The van der Waals surface area contributed by atoms with Crippen LogP contribution in [0.1, 0.15) is 29.4 Å². The number of anilines is 1. The van der Waals surface area contributed by atoms with E-state index in [9.17, 15) is 4.79 Å². The van der Waals surface area contributed by atoms with Gasteiger partial charge in [-0.15, -0.1) is 11.3 Å². The first-order valence-electron chi connectivity index (χ1n) is 4.93. The van der Waals surface area contributed by atoms with E-state index in [1.807, 2.05) is 6.92 Å². The molecule has 5 heteroatoms. The molecule has 0 aliphatic heterocycles. The molecule has 0 saturated carbocycles. The summed E-state index contributed by atoms with van der Waals surface area (Å²) in [6.45, 7) is 2.05. The molecule has 0 aliphatic rings. The second kappa shape index (κ2) is 5.72. The lowest BCUT2D eigenvalue weighted by Crippen LogP contribution is -2.34. The van der Waals surface area contributed by atoms with Crippen LogP contribution in [0.4, 0.5) is 5.69 Å². The number of thiophene rings is 1. The molecule has 0 fully saturated rings. The molecule has 0 radical (unpaired) electrons. The van der Waals surface area contributed by atoms with Gasteiger partial charge in [-0.05, 0) is 24.3 Å². The molecule has 1 heterocycles. The number of nitrogens with one attached hydrogen (secondary N) is 1. The van der Waals surface area contributed by atoms with Gasteiger partial charge in [-0.25, -0.2) is 0 Å². The van der Waals surface area contributed by atoms with Crippen LogP contribution in [-0.2, 0) is 0 Å². The summed E-state index contributed by atoms with van der Waals surface area (Å²) in [6, 6.07) is 1.73. The fourth-order valence-electron chi connectivity index (χ4n) is 1.29. The van der Waals surface area contributed by atoms with Crippen molar-refractivity contribution in [2.75, 3.05) is 12.3 Å². The molecule has 0 spiro atoms. The first-order valence-corrected chi connectivity index (χ1v) is 5.81. The van der Waals surface area contributed by atoms with Gasteiger partial charge in [0, 0.05) is 12.6 Å². The van der Waals surface area contributed by atoms with Crippen molar-refractivity contribution >= 4 is 22.9 Å². The monoisotopic (exact) mass is 228 g/mol. The minimum Gasteiger partial charge on any atom is -0.397 e. The summed E-state index contributed by atoms with van der Waals surface area (Å²) in [7, 11) is 0. The topological polar surface area (TPSA) is 75.3 Å². The van der Waals surface area contributed by atoms with Crippen molar-refractivity contribution in [1.29, 1.82) is 0 Å². The molecule has 1 amide bonds. The van der Waals surface area contributed by atoms with Crippen LogP contribution in [-0.4, -0.2) is 23.7 Å². The number of carbonyl (C=O) groups excluding carboxylic acids is 1. The van der Waals surface area contributed by atoms with E-state index >= 15 is 0 Å². The van der Waals surface area contributed by atoms with E-state index in [0.717, 1.165) is 6.42 Å². The molecule has 84 valence electrons. The van der Waals surface area contributed by atoms with Gasteiger partial charge in [0.25, 0.3) is 5.91 Å². The third-order valence-electron chi connectivity index (χ3n) is 2.21. The lowest BCUT2D eigenvalue weighted by Gasteiger charge is -2.15. The number of nitrogen functional groups attached to an aromatic ring is 1. The number of hydrogen-bond donors (Lipinski definition) is 3. The Morgan fingerprint density at radius 2 is 2.47 bits per heavy atom. The Balaban J connectivity index is 2.58. The molecule has 4 N–H and O–H groups in total. The summed E-state index contributed by atoms with van der Waals surface area (Å²) in [6.07, 6.45) is 1.38. The number of aliphatic hydroxyl groups is 1. The Bertz CT molecular complexity index is 325. The summed E-state index contributed by atoms with van der Waals surface area (Å²) in [5, 5.41) is 13.4. The van der Waals surface area contributed by atoms with E-state index in [-0.39, 0.29) is 18.6 Å². The van der Waals surface area contributed by atoms with Gasteiger partial charge in [-0.2, -0.15) is 0 Å². The minimum absolute atomic E-state index is 0.0176. The summed E-state index contributed by atoms with van der Waals surface area (Å²) in [5.74, 6) is -0.150. The second-order valence-corrected chi connectivity index (χ2v) is 4.21. The largest absolute Gasteiger partial charge is 0.397 e. The average molecular weight is 228 g/mol.